The minimum absolute atomic E-state index is 0.198. The number of fused-ring (bicyclic) bond motifs is 1. The number of nitrogens with one attached hydrogen (secondary N) is 1. The summed E-state index contributed by atoms with van der Waals surface area (Å²) in [6.45, 7) is 7.82. The van der Waals surface area contributed by atoms with E-state index in [2.05, 4.69) is 44.3 Å². The first-order chi connectivity index (χ1) is 9.44. The Morgan fingerprint density at radius 1 is 1.45 bits per heavy atom. The molecule has 0 radical (unpaired) electrons. The maximum absolute atomic E-state index is 11.8. The number of rotatable bonds is 4. The van der Waals surface area contributed by atoms with E-state index in [1.54, 1.807) is 4.90 Å². The van der Waals surface area contributed by atoms with Gasteiger partial charge < -0.3 is 10.2 Å². The molecule has 1 aromatic carbocycles. The van der Waals surface area contributed by atoms with E-state index < -0.39 is 0 Å². The van der Waals surface area contributed by atoms with Crippen molar-refractivity contribution in [3.05, 3.63) is 29.3 Å². The van der Waals surface area contributed by atoms with Gasteiger partial charge in [-0.1, -0.05) is 32.9 Å². The van der Waals surface area contributed by atoms with E-state index in [-0.39, 0.29) is 5.91 Å². The highest BCUT2D eigenvalue weighted by Gasteiger charge is 2.50. The van der Waals surface area contributed by atoms with Crippen molar-refractivity contribution in [2.45, 2.75) is 39.7 Å². The van der Waals surface area contributed by atoms with Crippen molar-refractivity contribution in [3.8, 4) is 0 Å². The average Bonchev–Trinajstić information content (AvgIpc) is 2.93. The van der Waals surface area contributed by atoms with E-state index in [0.29, 0.717) is 23.8 Å². The molecule has 2 aliphatic rings. The van der Waals surface area contributed by atoms with Crippen LogP contribution in [-0.2, 0) is 11.2 Å². The van der Waals surface area contributed by atoms with Crippen LogP contribution in [0.3, 0.4) is 0 Å². The lowest BCUT2D eigenvalue weighted by molar-refractivity contribution is -0.117. The Kier molecular flexibility index (Phi) is 3.13. The van der Waals surface area contributed by atoms with Crippen LogP contribution in [0.5, 0.6) is 0 Å². The molecule has 1 heterocycles. The van der Waals surface area contributed by atoms with E-state index >= 15 is 0 Å². The number of likely N-dealkylation sites (N-methyl/N-ethyl adjacent to an activating group) is 1. The van der Waals surface area contributed by atoms with Gasteiger partial charge in [-0.25, -0.2) is 0 Å². The standard InChI is InChI=1S/C17H24N2O/c1-5-18-16(13-10-17(13,2)3)11-6-7-14-12(8-11)9-15(20)19(14)4/h6-8,13,16,18H,5,9-10H2,1-4H3. The van der Waals surface area contributed by atoms with Gasteiger partial charge in [-0.15, -0.1) is 0 Å². The first-order valence-corrected chi connectivity index (χ1v) is 7.57. The summed E-state index contributed by atoms with van der Waals surface area (Å²) >= 11 is 0. The molecule has 3 nitrogen and oxygen atoms in total. The smallest absolute Gasteiger partial charge is 0.231 e. The SMILES string of the molecule is CCNC(c1ccc2c(c1)CC(=O)N2C)C1CC1(C)C. The van der Waals surface area contributed by atoms with Crippen LogP contribution < -0.4 is 10.2 Å². The Morgan fingerprint density at radius 2 is 2.15 bits per heavy atom. The second-order valence-corrected chi connectivity index (χ2v) is 6.85. The van der Waals surface area contributed by atoms with Crippen LogP contribution in [0.25, 0.3) is 0 Å². The maximum atomic E-state index is 11.8. The molecule has 0 bridgehead atoms. The second kappa shape index (κ2) is 4.59. The van der Waals surface area contributed by atoms with Crippen molar-refractivity contribution in [3.63, 3.8) is 0 Å². The summed E-state index contributed by atoms with van der Waals surface area (Å²) in [4.78, 5) is 13.6. The van der Waals surface area contributed by atoms with Crippen LogP contribution in [0.4, 0.5) is 5.69 Å². The third-order valence-electron chi connectivity index (χ3n) is 4.96. The second-order valence-electron chi connectivity index (χ2n) is 6.85. The van der Waals surface area contributed by atoms with Crippen LogP contribution in [0.15, 0.2) is 18.2 Å². The fraction of sp³-hybridized carbons (Fsp3) is 0.588. The summed E-state index contributed by atoms with van der Waals surface area (Å²) in [5, 5.41) is 3.63. The van der Waals surface area contributed by atoms with Gasteiger partial charge in [0.2, 0.25) is 5.91 Å². The van der Waals surface area contributed by atoms with Gasteiger partial charge in [0, 0.05) is 18.8 Å². The molecule has 0 spiro atoms. The first kappa shape index (κ1) is 13.6. The Bertz CT molecular complexity index is 550. The Balaban J connectivity index is 1.90. The van der Waals surface area contributed by atoms with Gasteiger partial charge in [-0.05, 0) is 41.5 Å². The fourth-order valence-corrected chi connectivity index (χ4v) is 3.47. The number of amides is 1. The normalized spacial score (nSPS) is 24.7. The topological polar surface area (TPSA) is 32.3 Å². The van der Waals surface area contributed by atoms with Crippen LogP contribution in [-0.4, -0.2) is 19.5 Å². The molecule has 1 aliphatic heterocycles. The Labute approximate surface area is 121 Å². The zero-order valence-corrected chi connectivity index (χ0v) is 12.9. The predicted octanol–water partition coefficient (Wildman–Crippen LogP) is 2.90. The van der Waals surface area contributed by atoms with Crippen LogP contribution in [0.1, 0.15) is 44.4 Å². The van der Waals surface area contributed by atoms with E-state index in [4.69, 9.17) is 0 Å². The number of carbonyl (C=O) groups is 1. The van der Waals surface area contributed by atoms with Crippen molar-refractivity contribution in [1.29, 1.82) is 0 Å². The number of benzene rings is 1. The zero-order valence-electron chi connectivity index (χ0n) is 12.9. The molecule has 3 rings (SSSR count). The third-order valence-corrected chi connectivity index (χ3v) is 4.96. The van der Waals surface area contributed by atoms with Gasteiger partial charge in [-0.3, -0.25) is 4.79 Å². The number of carbonyl (C=O) groups excluding carboxylic acids is 1. The van der Waals surface area contributed by atoms with Crippen molar-refractivity contribution in [2.24, 2.45) is 11.3 Å². The summed E-state index contributed by atoms with van der Waals surface area (Å²) in [5.74, 6) is 0.902. The van der Waals surface area contributed by atoms with Crippen molar-refractivity contribution >= 4 is 11.6 Å². The molecule has 0 aromatic heterocycles. The van der Waals surface area contributed by atoms with E-state index in [1.807, 2.05) is 7.05 Å². The molecule has 3 heteroatoms. The molecule has 0 saturated heterocycles. The zero-order chi connectivity index (χ0) is 14.5. The lowest BCUT2D eigenvalue weighted by atomic mass is 9.95. The highest BCUT2D eigenvalue weighted by atomic mass is 16.2. The number of nitrogens with zero attached hydrogens (tertiary/aromatic N) is 1. The highest BCUT2D eigenvalue weighted by molar-refractivity contribution is 6.00. The molecule has 2 atom stereocenters. The molecular formula is C17H24N2O. The van der Waals surface area contributed by atoms with Crippen LogP contribution in [0, 0.1) is 11.3 Å². The van der Waals surface area contributed by atoms with Crippen LogP contribution in [0.2, 0.25) is 0 Å². The molecule has 20 heavy (non-hydrogen) atoms. The maximum Gasteiger partial charge on any atom is 0.231 e. The van der Waals surface area contributed by atoms with Gasteiger partial charge in [0.15, 0.2) is 0 Å². The minimum atomic E-state index is 0.198. The predicted molar refractivity (Wildman–Crippen MR) is 81.9 cm³/mol. The van der Waals surface area contributed by atoms with Gasteiger partial charge in [0.1, 0.15) is 0 Å². The Hall–Kier alpha value is -1.35. The summed E-state index contributed by atoms with van der Waals surface area (Å²) in [6, 6.07) is 6.95. The van der Waals surface area contributed by atoms with Crippen molar-refractivity contribution in [1.82, 2.24) is 5.32 Å². The molecule has 1 saturated carbocycles. The number of hydrogen-bond acceptors (Lipinski definition) is 2. The summed E-state index contributed by atoms with van der Waals surface area (Å²) < 4.78 is 0. The van der Waals surface area contributed by atoms with Gasteiger partial charge in [0.05, 0.1) is 6.42 Å². The first-order valence-electron chi connectivity index (χ1n) is 7.57. The van der Waals surface area contributed by atoms with E-state index in [1.165, 1.54) is 17.5 Å². The molecule has 108 valence electrons. The summed E-state index contributed by atoms with van der Waals surface area (Å²) in [5.41, 5.74) is 4.03. The van der Waals surface area contributed by atoms with E-state index in [9.17, 15) is 4.79 Å². The molecule has 2 unspecified atom stereocenters. The van der Waals surface area contributed by atoms with Gasteiger partial charge in [0.25, 0.3) is 0 Å². The molecule has 1 amide bonds. The minimum Gasteiger partial charge on any atom is -0.315 e. The van der Waals surface area contributed by atoms with Crippen molar-refractivity contribution in [2.75, 3.05) is 18.5 Å². The van der Waals surface area contributed by atoms with Gasteiger partial charge in [-0.2, -0.15) is 0 Å². The van der Waals surface area contributed by atoms with Crippen LogP contribution >= 0.6 is 0 Å². The lowest BCUT2D eigenvalue weighted by Crippen LogP contribution is -2.24. The van der Waals surface area contributed by atoms with E-state index in [0.717, 1.165) is 12.2 Å². The summed E-state index contributed by atoms with van der Waals surface area (Å²) in [6.07, 6.45) is 1.83. The van der Waals surface area contributed by atoms with Crippen molar-refractivity contribution < 1.29 is 4.79 Å². The summed E-state index contributed by atoms with van der Waals surface area (Å²) in [7, 11) is 1.86. The quantitative estimate of drug-likeness (QED) is 0.914. The van der Waals surface area contributed by atoms with Gasteiger partial charge >= 0.3 is 0 Å². The number of anilines is 1. The molecule has 1 fully saturated rings. The Morgan fingerprint density at radius 3 is 2.75 bits per heavy atom. The fourth-order valence-electron chi connectivity index (χ4n) is 3.47. The third kappa shape index (κ3) is 2.14. The molecule has 1 aliphatic carbocycles. The molecule has 1 aromatic rings. The highest BCUT2D eigenvalue weighted by Crippen LogP contribution is 2.57. The monoisotopic (exact) mass is 272 g/mol. The molecule has 1 N–H and O–H groups in total. The lowest BCUT2D eigenvalue weighted by Gasteiger charge is -2.21. The molecular weight excluding hydrogens is 248 g/mol. The number of hydrogen-bond donors (Lipinski definition) is 1. The average molecular weight is 272 g/mol. The largest absolute Gasteiger partial charge is 0.315 e.